The van der Waals surface area contributed by atoms with Crippen LogP contribution in [-0.4, -0.2) is 61.3 Å². The zero-order valence-electron chi connectivity index (χ0n) is 18.2. The lowest BCUT2D eigenvalue weighted by molar-refractivity contribution is -0.143. The lowest BCUT2D eigenvalue weighted by Gasteiger charge is -2.29. The number of halogens is 4. The van der Waals surface area contributed by atoms with Gasteiger partial charge in [-0.05, 0) is 39.7 Å². The molecule has 1 aliphatic rings. The molecule has 0 aromatic heterocycles. The van der Waals surface area contributed by atoms with Crippen LogP contribution in [0.1, 0.15) is 45.7 Å². The molecule has 1 aromatic rings. The molecule has 3 N–H and O–H groups in total. The van der Waals surface area contributed by atoms with Crippen LogP contribution < -0.4 is 16.0 Å². The van der Waals surface area contributed by atoms with Gasteiger partial charge in [0.25, 0.3) is 0 Å². The fourth-order valence-electron chi connectivity index (χ4n) is 3.59. The normalized spacial score (nSPS) is 19.3. The summed E-state index contributed by atoms with van der Waals surface area (Å²) >= 11 is 0. The fourth-order valence-corrected chi connectivity index (χ4v) is 3.59. The standard InChI is InChI=1S/C21H34F3N5.HI/c1-5-25-19(27-18-11-12-29(13-18)15-21(22,23)24)26-14-20(3,4)28-16(2)17-9-7-6-8-10-17;/h6-10,16,18,28H,5,11-15H2,1-4H3,(H2,25,26,27);1H. The zero-order chi connectivity index (χ0) is 21.5. The molecule has 2 unspecified atom stereocenters. The van der Waals surface area contributed by atoms with Crippen LogP contribution in [-0.2, 0) is 0 Å². The van der Waals surface area contributed by atoms with E-state index in [-0.39, 0.29) is 41.6 Å². The van der Waals surface area contributed by atoms with Crippen LogP contribution in [0.4, 0.5) is 13.2 Å². The Morgan fingerprint density at radius 1 is 1.23 bits per heavy atom. The third-order valence-electron chi connectivity index (χ3n) is 4.90. The number of nitrogens with zero attached hydrogens (tertiary/aromatic N) is 2. The van der Waals surface area contributed by atoms with Crippen molar-refractivity contribution < 1.29 is 13.2 Å². The summed E-state index contributed by atoms with van der Waals surface area (Å²) in [6, 6.07) is 10.4. The third kappa shape index (κ3) is 9.82. The van der Waals surface area contributed by atoms with E-state index in [1.165, 1.54) is 10.5 Å². The van der Waals surface area contributed by atoms with Crippen molar-refractivity contribution in [3.8, 4) is 0 Å². The summed E-state index contributed by atoms with van der Waals surface area (Å²) in [7, 11) is 0. The topological polar surface area (TPSA) is 51.7 Å². The molecule has 30 heavy (non-hydrogen) atoms. The largest absolute Gasteiger partial charge is 0.401 e. The van der Waals surface area contributed by atoms with Crippen LogP contribution in [0.15, 0.2) is 35.3 Å². The quantitative estimate of drug-likeness (QED) is 0.266. The molecule has 0 aliphatic carbocycles. The highest BCUT2D eigenvalue weighted by molar-refractivity contribution is 14.0. The van der Waals surface area contributed by atoms with Gasteiger partial charge in [0, 0.05) is 37.3 Å². The van der Waals surface area contributed by atoms with Gasteiger partial charge in [-0.1, -0.05) is 30.3 Å². The van der Waals surface area contributed by atoms with E-state index in [9.17, 15) is 13.2 Å². The summed E-state index contributed by atoms with van der Waals surface area (Å²) in [4.78, 5) is 6.12. The van der Waals surface area contributed by atoms with Gasteiger partial charge in [0.05, 0.1) is 13.1 Å². The van der Waals surface area contributed by atoms with Crippen LogP contribution in [0.5, 0.6) is 0 Å². The Hall–Kier alpha value is -1.07. The van der Waals surface area contributed by atoms with Gasteiger partial charge in [0.2, 0.25) is 0 Å². The van der Waals surface area contributed by atoms with Gasteiger partial charge < -0.3 is 16.0 Å². The number of nitrogens with one attached hydrogen (secondary N) is 3. The number of benzene rings is 1. The average molecular weight is 541 g/mol. The first kappa shape index (κ1) is 27.0. The van der Waals surface area contributed by atoms with Gasteiger partial charge >= 0.3 is 6.18 Å². The van der Waals surface area contributed by atoms with Crippen molar-refractivity contribution in [2.75, 3.05) is 32.7 Å². The summed E-state index contributed by atoms with van der Waals surface area (Å²) < 4.78 is 37.8. The summed E-state index contributed by atoms with van der Waals surface area (Å²) in [5.41, 5.74) is 0.973. The number of aliphatic imine (C=N–C) groups is 1. The van der Waals surface area contributed by atoms with E-state index in [0.717, 1.165) is 0 Å². The fraction of sp³-hybridized carbons (Fsp3) is 0.667. The van der Waals surface area contributed by atoms with Crippen molar-refractivity contribution in [1.82, 2.24) is 20.9 Å². The second-order valence-corrected chi connectivity index (χ2v) is 8.34. The molecule has 9 heteroatoms. The van der Waals surface area contributed by atoms with Crippen LogP contribution in [0.2, 0.25) is 0 Å². The van der Waals surface area contributed by atoms with Gasteiger partial charge in [-0.15, -0.1) is 24.0 Å². The van der Waals surface area contributed by atoms with Crippen LogP contribution in [0.3, 0.4) is 0 Å². The molecular weight excluding hydrogens is 506 g/mol. The van der Waals surface area contributed by atoms with Gasteiger partial charge in [0.1, 0.15) is 0 Å². The van der Waals surface area contributed by atoms with E-state index in [4.69, 9.17) is 0 Å². The molecule has 0 radical (unpaired) electrons. The van der Waals surface area contributed by atoms with Crippen molar-refractivity contribution >= 4 is 29.9 Å². The Morgan fingerprint density at radius 3 is 2.50 bits per heavy atom. The zero-order valence-corrected chi connectivity index (χ0v) is 20.6. The lowest BCUT2D eigenvalue weighted by Crippen LogP contribution is -2.48. The number of hydrogen-bond donors (Lipinski definition) is 3. The average Bonchev–Trinajstić information content (AvgIpc) is 3.05. The molecule has 172 valence electrons. The Balaban J connectivity index is 0.00000450. The summed E-state index contributed by atoms with van der Waals surface area (Å²) in [5, 5.41) is 10.1. The van der Waals surface area contributed by atoms with E-state index in [1.807, 2.05) is 25.1 Å². The van der Waals surface area contributed by atoms with Crippen LogP contribution in [0.25, 0.3) is 0 Å². The second kappa shape index (κ2) is 12.1. The van der Waals surface area contributed by atoms with E-state index >= 15 is 0 Å². The molecule has 1 aliphatic heterocycles. The highest BCUT2D eigenvalue weighted by atomic mass is 127. The monoisotopic (exact) mass is 541 g/mol. The summed E-state index contributed by atoms with van der Waals surface area (Å²) in [6.45, 7) is 9.49. The van der Waals surface area contributed by atoms with Crippen molar-refractivity contribution in [1.29, 1.82) is 0 Å². The van der Waals surface area contributed by atoms with Crippen molar-refractivity contribution in [2.24, 2.45) is 4.99 Å². The second-order valence-electron chi connectivity index (χ2n) is 8.34. The molecule has 0 spiro atoms. The predicted octanol–water partition coefficient (Wildman–Crippen LogP) is 3.93. The number of guanidine groups is 1. The maximum Gasteiger partial charge on any atom is 0.401 e. The van der Waals surface area contributed by atoms with Crippen molar-refractivity contribution in [2.45, 2.75) is 57.9 Å². The van der Waals surface area contributed by atoms with Crippen molar-refractivity contribution in [3.63, 3.8) is 0 Å². The minimum absolute atomic E-state index is 0. The Bertz CT molecular complexity index is 652. The number of hydrogen-bond acceptors (Lipinski definition) is 3. The molecule has 0 amide bonds. The van der Waals surface area contributed by atoms with Gasteiger partial charge in [-0.2, -0.15) is 13.2 Å². The SMILES string of the molecule is CCNC(=NCC(C)(C)NC(C)c1ccccc1)NC1CCN(CC(F)(F)F)C1.I. The van der Waals surface area contributed by atoms with E-state index in [0.29, 0.717) is 38.6 Å². The minimum atomic E-state index is -4.15. The van der Waals surface area contributed by atoms with E-state index < -0.39 is 12.7 Å². The van der Waals surface area contributed by atoms with Gasteiger partial charge in [0.15, 0.2) is 5.96 Å². The number of rotatable bonds is 8. The van der Waals surface area contributed by atoms with Crippen LogP contribution in [0, 0.1) is 0 Å². The van der Waals surface area contributed by atoms with Gasteiger partial charge in [-0.3, -0.25) is 9.89 Å². The maximum absolute atomic E-state index is 12.6. The first-order valence-corrected chi connectivity index (χ1v) is 10.2. The summed E-state index contributed by atoms with van der Waals surface area (Å²) in [6.07, 6.45) is -3.48. The van der Waals surface area contributed by atoms with Crippen LogP contribution >= 0.6 is 24.0 Å². The molecule has 1 aromatic carbocycles. The highest BCUT2D eigenvalue weighted by Crippen LogP contribution is 2.20. The maximum atomic E-state index is 12.6. The predicted molar refractivity (Wildman–Crippen MR) is 128 cm³/mol. The molecule has 1 fully saturated rings. The molecule has 5 nitrogen and oxygen atoms in total. The Labute approximate surface area is 195 Å². The minimum Gasteiger partial charge on any atom is -0.357 e. The van der Waals surface area contributed by atoms with Crippen molar-refractivity contribution in [3.05, 3.63) is 35.9 Å². The first-order chi connectivity index (χ1) is 13.6. The molecule has 0 bridgehead atoms. The van der Waals surface area contributed by atoms with E-state index in [1.54, 1.807) is 0 Å². The number of likely N-dealkylation sites (tertiary alicyclic amines) is 1. The molecule has 2 rings (SSSR count). The highest BCUT2D eigenvalue weighted by Gasteiger charge is 2.34. The lowest BCUT2D eigenvalue weighted by atomic mass is 10.0. The first-order valence-electron chi connectivity index (χ1n) is 10.2. The molecule has 1 saturated heterocycles. The molecular formula is C21H35F3IN5. The molecule has 1 heterocycles. The number of alkyl halides is 3. The Kier molecular flexibility index (Phi) is 10.9. The van der Waals surface area contributed by atoms with E-state index in [2.05, 4.69) is 53.8 Å². The smallest absolute Gasteiger partial charge is 0.357 e. The van der Waals surface area contributed by atoms with Gasteiger partial charge in [-0.25, -0.2) is 0 Å². The third-order valence-corrected chi connectivity index (χ3v) is 4.90. The summed E-state index contributed by atoms with van der Waals surface area (Å²) in [5.74, 6) is 0.647. The Morgan fingerprint density at radius 2 is 1.90 bits per heavy atom. The molecule has 2 atom stereocenters. The molecule has 0 saturated carbocycles.